The molecule has 0 saturated heterocycles. The van der Waals surface area contributed by atoms with Crippen LogP contribution in [0.1, 0.15) is 45.6 Å². The number of ketones is 1. The molecule has 3 rings (SSSR count). The van der Waals surface area contributed by atoms with Crippen LogP contribution in [0, 0.1) is 17.8 Å². The largest absolute Gasteiger partial charge is 0.361 e. The molecule has 1 aliphatic rings. The van der Waals surface area contributed by atoms with E-state index in [0.29, 0.717) is 28.9 Å². The van der Waals surface area contributed by atoms with Gasteiger partial charge in [0, 0.05) is 17.1 Å². The van der Waals surface area contributed by atoms with E-state index in [1.165, 1.54) is 17.4 Å². The van der Waals surface area contributed by atoms with E-state index in [9.17, 15) is 4.79 Å². The molecule has 1 N–H and O–H groups in total. The van der Waals surface area contributed by atoms with Gasteiger partial charge in [-0.1, -0.05) is 61.3 Å². The zero-order chi connectivity index (χ0) is 16.6. The summed E-state index contributed by atoms with van der Waals surface area (Å²) in [6.45, 7) is 6.83. The summed E-state index contributed by atoms with van der Waals surface area (Å²) in [6, 6.07) is 8.37. The smallest absolute Gasteiger partial charge is 0.154 e. The number of halogens is 1. The van der Waals surface area contributed by atoms with Gasteiger partial charge in [-0.2, -0.15) is 0 Å². The third-order valence-electron chi connectivity index (χ3n) is 5.77. The van der Waals surface area contributed by atoms with Crippen LogP contribution in [-0.4, -0.2) is 16.1 Å². The summed E-state index contributed by atoms with van der Waals surface area (Å²) in [6.07, 6.45) is 5.42. The van der Waals surface area contributed by atoms with Crippen molar-refractivity contribution in [2.24, 2.45) is 17.8 Å². The Morgan fingerprint density at radius 1 is 1.35 bits per heavy atom. The van der Waals surface area contributed by atoms with Crippen molar-refractivity contribution in [3.8, 4) is 0 Å². The lowest BCUT2D eigenvalue weighted by atomic mass is 9.55. The van der Waals surface area contributed by atoms with E-state index in [4.69, 9.17) is 0 Å². The number of alkyl halides is 1. The summed E-state index contributed by atoms with van der Waals surface area (Å²) in [7, 11) is 0. The van der Waals surface area contributed by atoms with Crippen molar-refractivity contribution >= 4 is 32.6 Å². The number of nitrogens with one attached hydrogen (secondary N) is 1. The van der Waals surface area contributed by atoms with Crippen LogP contribution in [0.25, 0.3) is 10.9 Å². The quantitative estimate of drug-likeness (QED) is 0.706. The SMILES string of the molecule is CC1CCC(C(C)C)C(C(=O)CBr)(c2c[nH]c3ccccc23)C1. The van der Waals surface area contributed by atoms with Crippen molar-refractivity contribution in [1.29, 1.82) is 0 Å². The van der Waals surface area contributed by atoms with E-state index in [2.05, 4.69) is 66.1 Å². The molecule has 2 aromatic rings. The molecule has 3 atom stereocenters. The Bertz CT molecular complexity index is 704. The Labute approximate surface area is 147 Å². The van der Waals surface area contributed by atoms with Crippen molar-refractivity contribution in [2.45, 2.75) is 45.4 Å². The highest BCUT2D eigenvalue weighted by Crippen LogP contribution is 2.51. The van der Waals surface area contributed by atoms with Crippen LogP contribution in [-0.2, 0) is 10.2 Å². The minimum absolute atomic E-state index is 0.340. The highest BCUT2D eigenvalue weighted by Gasteiger charge is 2.51. The number of aromatic amines is 1. The molecule has 1 heterocycles. The summed E-state index contributed by atoms with van der Waals surface area (Å²) < 4.78 is 0. The van der Waals surface area contributed by atoms with Gasteiger partial charge < -0.3 is 4.98 Å². The predicted molar refractivity (Wildman–Crippen MR) is 100 cm³/mol. The molecular formula is C20H26BrNO. The Morgan fingerprint density at radius 3 is 2.78 bits per heavy atom. The Morgan fingerprint density at radius 2 is 2.09 bits per heavy atom. The number of H-pyrrole nitrogens is 1. The second kappa shape index (κ2) is 6.43. The van der Waals surface area contributed by atoms with Crippen LogP contribution in [0.5, 0.6) is 0 Å². The molecule has 1 fully saturated rings. The van der Waals surface area contributed by atoms with Crippen LogP contribution in [0.15, 0.2) is 30.5 Å². The van der Waals surface area contributed by atoms with Crippen LogP contribution in [0.2, 0.25) is 0 Å². The minimum Gasteiger partial charge on any atom is -0.361 e. The first-order chi connectivity index (χ1) is 11.0. The van der Waals surface area contributed by atoms with Crippen LogP contribution < -0.4 is 0 Å². The van der Waals surface area contributed by atoms with Crippen LogP contribution in [0.3, 0.4) is 0 Å². The number of hydrogen-bond acceptors (Lipinski definition) is 1. The number of hydrogen-bond donors (Lipinski definition) is 1. The normalized spacial score (nSPS) is 28.4. The monoisotopic (exact) mass is 375 g/mol. The van der Waals surface area contributed by atoms with Crippen molar-refractivity contribution in [2.75, 3.05) is 5.33 Å². The topological polar surface area (TPSA) is 32.9 Å². The predicted octanol–water partition coefficient (Wildman–Crippen LogP) is 5.46. The average Bonchev–Trinajstić information content (AvgIpc) is 2.97. The van der Waals surface area contributed by atoms with E-state index in [1.54, 1.807) is 0 Å². The molecule has 124 valence electrons. The minimum atomic E-state index is -0.366. The van der Waals surface area contributed by atoms with Crippen molar-refractivity contribution in [1.82, 2.24) is 4.98 Å². The van der Waals surface area contributed by atoms with E-state index >= 15 is 0 Å². The molecule has 1 aromatic carbocycles. The Hall–Kier alpha value is -1.09. The van der Waals surface area contributed by atoms with Gasteiger partial charge in [0.05, 0.1) is 10.7 Å². The maximum Gasteiger partial charge on any atom is 0.154 e. The molecule has 1 aromatic heterocycles. The first kappa shape index (κ1) is 16.8. The number of rotatable bonds is 4. The molecule has 1 aliphatic carbocycles. The maximum absolute atomic E-state index is 13.2. The van der Waals surface area contributed by atoms with Crippen molar-refractivity contribution in [3.63, 3.8) is 0 Å². The molecule has 0 bridgehead atoms. The zero-order valence-electron chi connectivity index (χ0n) is 14.2. The van der Waals surface area contributed by atoms with Gasteiger partial charge in [0.15, 0.2) is 5.78 Å². The summed E-state index contributed by atoms with van der Waals surface area (Å²) in [5.41, 5.74) is 1.97. The maximum atomic E-state index is 13.2. The molecular weight excluding hydrogens is 350 g/mol. The van der Waals surface area contributed by atoms with Gasteiger partial charge in [-0.3, -0.25) is 4.79 Å². The van der Waals surface area contributed by atoms with Gasteiger partial charge in [-0.15, -0.1) is 0 Å². The number of fused-ring (bicyclic) bond motifs is 1. The number of aromatic nitrogens is 1. The molecule has 1 saturated carbocycles. The highest BCUT2D eigenvalue weighted by atomic mass is 79.9. The zero-order valence-corrected chi connectivity index (χ0v) is 15.8. The molecule has 0 radical (unpaired) electrons. The molecule has 2 nitrogen and oxygen atoms in total. The number of para-hydroxylation sites is 1. The Kier molecular flexibility index (Phi) is 4.68. The number of carbonyl (C=O) groups excluding carboxylic acids is 1. The first-order valence-corrected chi connectivity index (χ1v) is 9.78. The van der Waals surface area contributed by atoms with E-state index in [0.717, 1.165) is 18.4 Å². The fraction of sp³-hybridized carbons (Fsp3) is 0.550. The fourth-order valence-corrected chi connectivity index (χ4v) is 5.26. The van der Waals surface area contributed by atoms with E-state index in [-0.39, 0.29) is 5.41 Å². The van der Waals surface area contributed by atoms with Gasteiger partial charge >= 0.3 is 0 Å². The number of carbonyl (C=O) groups is 1. The highest BCUT2D eigenvalue weighted by molar-refractivity contribution is 9.09. The lowest BCUT2D eigenvalue weighted by molar-refractivity contribution is -0.127. The van der Waals surface area contributed by atoms with Gasteiger partial charge in [-0.25, -0.2) is 0 Å². The van der Waals surface area contributed by atoms with Crippen LogP contribution >= 0.6 is 15.9 Å². The second-order valence-corrected chi connectivity index (χ2v) is 8.07. The second-order valence-electron chi connectivity index (χ2n) is 7.51. The van der Waals surface area contributed by atoms with E-state index in [1.807, 2.05) is 6.07 Å². The molecule has 0 aliphatic heterocycles. The standard InChI is InChI=1S/C20H26BrNO/c1-13(2)16-9-8-14(3)10-20(16,19(23)11-21)17-12-22-18-7-5-4-6-15(17)18/h4-7,12-14,16,22H,8-11H2,1-3H3. The van der Waals surface area contributed by atoms with Crippen molar-refractivity contribution in [3.05, 3.63) is 36.0 Å². The molecule has 3 heteroatoms. The lowest BCUT2D eigenvalue weighted by Gasteiger charge is -2.47. The van der Waals surface area contributed by atoms with Crippen LogP contribution in [0.4, 0.5) is 0 Å². The first-order valence-electron chi connectivity index (χ1n) is 8.66. The third kappa shape index (κ3) is 2.67. The van der Waals surface area contributed by atoms with Gasteiger partial charge in [0.1, 0.15) is 0 Å². The molecule has 0 spiro atoms. The van der Waals surface area contributed by atoms with Gasteiger partial charge in [0.25, 0.3) is 0 Å². The molecule has 0 amide bonds. The number of Topliss-reactive ketones (excluding diaryl/α,β-unsaturated/α-hetero) is 1. The van der Waals surface area contributed by atoms with E-state index < -0.39 is 0 Å². The van der Waals surface area contributed by atoms with Crippen molar-refractivity contribution < 1.29 is 4.79 Å². The Balaban J connectivity index is 2.25. The number of benzene rings is 1. The van der Waals surface area contributed by atoms with Gasteiger partial charge in [-0.05, 0) is 42.2 Å². The summed E-state index contributed by atoms with van der Waals surface area (Å²) in [4.78, 5) is 16.6. The average molecular weight is 376 g/mol. The third-order valence-corrected chi connectivity index (χ3v) is 6.28. The van der Waals surface area contributed by atoms with Gasteiger partial charge in [0.2, 0.25) is 0 Å². The summed E-state index contributed by atoms with van der Waals surface area (Å²) in [5, 5.41) is 1.64. The molecule has 23 heavy (non-hydrogen) atoms. The molecule has 3 unspecified atom stereocenters. The fourth-order valence-electron chi connectivity index (χ4n) is 4.76. The lowest BCUT2D eigenvalue weighted by Crippen LogP contribution is -2.49. The summed E-state index contributed by atoms with van der Waals surface area (Å²) >= 11 is 3.47. The summed E-state index contributed by atoms with van der Waals surface area (Å²) in [5.74, 6) is 1.83.